The normalized spacial score (nSPS) is 29.7. The predicted octanol–water partition coefficient (Wildman–Crippen LogP) is 0.0676. The zero-order chi connectivity index (χ0) is 14.6. The number of hydrogen-bond donors (Lipinski definition) is 1. The molecule has 0 amide bonds. The van der Waals surface area contributed by atoms with Crippen LogP contribution < -0.4 is 0 Å². The number of ether oxygens (including phenoxy) is 4. The summed E-state index contributed by atoms with van der Waals surface area (Å²) in [6.07, 6.45) is -2.42. The van der Waals surface area contributed by atoms with E-state index >= 15 is 0 Å². The number of carbonyl (C=O) groups is 3. The van der Waals surface area contributed by atoms with Crippen molar-refractivity contribution < 1.29 is 33.3 Å². The first kappa shape index (κ1) is 15.8. The molecule has 19 heavy (non-hydrogen) atoms. The maximum Gasteiger partial charge on any atom is 0.303 e. The average Bonchev–Trinajstić information content (AvgIpc) is 2.53. The molecule has 1 saturated heterocycles. The molecule has 1 aliphatic heterocycles. The topological polar surface area (TPSA) is 88.1 Å². The van der Waals surface area contributed by atoms with Crippen LogP contribution in [0.1, 0.15) is 20.8 Å². The molecule has 108 valence electrons. The summed E-state index contributed by atoms with van der Waals surface area (Å²) in [7, 11) is 0. The lowest BCUT2D eigenvalue weighted by Gasteiger charge is -2.22. The van der Waals surface area contributed by atoms with Gasteiger partial charge < -0.3 is 18.9 Å². The first-order valence-electron chi connectivity index (χ1n) is 5.62. The molecule has 1 rings (SSSR count). The molecule has 0 aromatic heterocycles. The molecule has 1 unspecified atom stereocenters. The van der Waals surface area contributed by atoms with Crippen molar-refractivity contribution in [3.05, 3.63) is 0 Å². The largest absolute Gasteiger partial charge is 0.463 e. The van der Waals surface area contributed by atoms with Gasteiger partial charge in [-0.25, -0.2) is 0 Å². The van der Waals surface area contributed by atoms with Gasteiger partial charge in [0.05, 0.1) is 0 Å². The Hall–Kier alpha value is -1.28. The van der Waals surface area contributed by atoms with Gasteiger partial charge in [-0.2, -0.15) is 0 Å². The van der Waals surface area contributed by atoms with E-state index in [4.69, 9.17) is 18.9 Å². The van der Waals surface area contributed by atoms with Gasteiger partial charge in [0.15, 0.2) is 12.2 Å². The van der Waals surface area contributed by atoms with E-state index in [1.54, 1.807) is 0 Å². The molecule has 0 radical (unpaired) electrons. The molecule has 0 N–H and O–H groups in total. The third-order valence-corrected chi connectivity index (χ3v) is 2.76. The molecule has 7 nitrogen and oxygen atoms in total. The molecule has 1 heterocycles. The van der Waals surface area contributed by atoms with E-state index in [0.29, 0.717) is 0 Å². The quantitative estimate of drug-likeness (QED) is 0.445. The highest BCUT2D eigenvalue weighted by molar-refractivity contribution is 7.80. The van der Waals surface area contributed by atoms with Gasteiger partial charge in [-0.3, -0.25) is 14.4 Å². The van der Waals surface area contributed by atoms with Crippen molar-refractivity contribution in [1.82, 2.24) is 0 Å². The van der Waals surface area contributed by atoms with Gasteiger partial charge >= 0.3 is 17.9 Å². The minimum absolute atomic E-state index is 0.109. The Kier molecular flexibility index (Phi) is 5.61. The predicted molar refractivity (Wildman–Crippen MR) is 65.4 cm³/mol. The standard InChI is InChI=1S/C11H16O7S/c1-5(12)15-4-8-9(16-6(2)13)10(11(19)18-8)17-7(3)14/h8-11,19H,4H2,1-3H3/t8-,9-,10-,11?/m1/s1. The molecule has 0 bridgehead atoms. The Bertz CT molecular complexity index is 370. The Labute approximate surface area is 115 Å². The SMILES string of the molecule is CC(=O)OC[C@H]1OC(S)[C@H](OC(C)=O)[C@@H]1OC(C)=O. The van der Waals surface area contributed by atoms with E-state index in [1.165, 1.54) is 20.8 Å². The fourth-order valence-corrected chi connectivity index (χ4v) is 2.08. The van der Waals surface area contributed by atoms with Gasteiger partial charge in [-0.1, -0.05) is 0 Å². The van der Waals surface area contributed by atoms with Gasteiger partial charge in [0.2, 0.25) is 0 Å². The first-order valence-corrected chi connectivity index (χ1v) is 6.14. The van der Waals surface area contributed by atoms with Crippen LogP contribution in [-0.2, 0) is 33.3 Å². The van der Waals surface area contributed by atoms with Gasteiger partial charge in [0.25, 0.3) is 0 Å². The van der Waals surface area contributed by atoms with Crippen LogP contribution >= 0.6 is 12.6 Å². The highest BCUT2D eigenvalue weighted by atomic mass is 32.1. The van der Waals surface area contributed by atoms with Crippen LogP contribution in [0.4, 0.5) is 0 Å². The van der Waals surface area contributed by atoms with Gasteiger partial charge in [0.1, 0.15) is 18.1 Å². The lowest BCUT2D eigenvalue weighted by Crippen LogP contribution is -2.40. The first-order chi connectivity index (χ1) is 8.81. The van der Waals surface area contributed by atoms with E-state index < -0.39 is 41.7 Å². The van der Waals surface area contributed by atoms with Crippen molar-refractivity contribution in [2.75, 3.05) is 6.61 Å². The van der Waals surface area contributed by atoms with Crippen LogP contribution in [0, 0.1) is 0 Å². The third-order valence-electron chi connectivity index (χ3n) is 2.34. The maximum absolute atomic E-state index is 11.1. The fraction of sp³-hybridized carbons (Fsp3) is 0.727. The summed E-state index contributed by atoms with van der Waals surface area (Å²) in [5, 5.41) is 0. The van der Waals surface area contributed by atoms with E-state index in [-0.39, 0.29) is 6.61 Å². The number of esters is 3. The number of hydrogen-bond acceptors (Lipinski definition) is 8. The summed E-state index contributed by atoms with van der Waals surface area (Å²) in [6, 6.07) is 0. The zero-order valence-corrected chi connectivity index (χ0v) is 11.7. The average molecular weight is 292 g/mol. The number of carbonyl (C=O) groups excluding carboxylic acids is 3. The fourth-order valence-electron chi connectivity index (χ4n) is 1.69. The molecule has 0 aromatic carbocycles. The van der Waals surface area contributed by atoms with Crippen molar-refractivity contribution in [2.24, 2.45) is 0 Å². The lowest BCUT2D eigenvalue weighted by molar-refractivity contribution is -0.165. The molecule has 1 aliphatic rings. The number of rotatable bonds is 4. The summed E-state index contributed by atoms with van der Waals surface area (Å²) in [5.41, 5.74) is -0.756. The Balaban J connectivity index is 2.76. The zero-order valence-electron chi connectivity index (χ0n) is 10.8. The third kappa shape index (κ3) is 4.71. The van der Waals surface area contributed by atoms with Crippen molar-refractivity contribution in [2.45, 2.75) is 44.5 Å². The maximum atomic E-state index is 11.1. The van der Waals surface area contributed by atoms with Gasteiger partial charge in [-0.05, 0) is 0 Å². The minimum atomic E-state index is -0.858. The van der Waals surface area contributed by atoms with Gasteiger partial charge in [-0.15, -0.1) is 12.6 Å². The van der Waals surface area contributed by atoms with Crippen molar-refractivity contribution >= 4 is 30.5 Å². The highest BCUT2D eigenvalue weighted by Crippen LogP contribution is 2.29. The van der Waals surface area contributed by atoms with Crippen molar-refractivity contribution in [1.29, 1.82) is 0 Å². The van der Waals surface area contributed by atoms with Crippen LogP contribution in [0.15, 0.2) is 0 Å². The van der Waals surface area contributed by atoms with Crippen LogP contribution in [0.5, 0.6) is 0 Å². The molecular weight excluding hydrogens is 276 g/mol. The van der Waals surface area contributed by atoms with Crippen molar-refractivity contribution in [3.63, 3.8) is 0 Å². The molecule has 8 heteroatoms. The molecule has 0 aliphatic carbocycles. The number of thiol groups is 1. The Morgan fingerprint density at radius 1 is 1.00 bits per heavy atom. The van der Waals surface area contributed by atoms with Gasteiger partial charge in [0, 0.05) is 20.8 Å². The Morgan fingerprint density at radius 3 is 2.00 bits per heavy atom. The second kappa shape index (κ2) is 6.76. The van der Waals surface area contributed by atoms with E-state index in [0.717, 1.165) is 0 Å². The summed E-state index contributed by atoms with van der Waals surface area (Å²) in [4.78, 5) is 32.9. The molecule has 0 aromatic rings. The second-order valence-corrected chi connectivity index (χ2v) is 4.52. The van der Waals surface area contributed by atoms with Crippen LogP contribution in [0.3, 0.4) is 0 Å². The lowest BCUT2D eigenvalue weighted by atomic mass is 10.1. The molecule has 0 saturated carbocycles. The van der Waals surface area contributed by atoms with E-state index in [9.17, 15) is 14.4 Å². The summed E-state index contributed by atoms with van der Waals surface area (Å²) >= 11 is 4.12. The smallest absolute Gasteiger partial charge is 0.303 e. The van der Waals surface area contributed by atoms with E-state index in [1.807, 2.05) is 0 Å². The van der Waals surface area contributed by atoms with E-state index in [2.05, 4.69) is 12.6 Å². The Morgan fingerprint density at radius 2 is 1.53 bits per heavy atom. The minimum Gasteiger partial charge on any atom is -0.463 e. The second-order valence-electron chi connectivity index (χ2n) is 4.02. The molecular formula is C11H16O7S. The summed E-state index contributed by atoms with van der Waals surface area (Å²) in [5.74, 6) is -1.59. The van der Waals surface area contributed by atoms with Crippen LogP contribution in [0.25, 0.3) is 0 Å². The summed E-state index contributed by atoms with van der Waals surface area (Å²) < 4.78 is 20.3. The highest BCUT2D eigenvalue weighted by Gasteiger charge is 2.48. The molecule has 4 atom stereocenters. The van der Waals surface area contributed by atoms with Crippen LogP contribution in [-0.4, -0.2) is 48.3 Å². The molecule has 1 fully saturated rings. The molecule has 0 spiro atoms. The summed E-state index contributed by atoms with van der Waals surface area (Å²) in [6.45, 7) is 3.59. The van der Waals surface area contributed by atoms with Crippen LogP contribution in [0.2, 0.25) is 0 Å². The monoisotopic (exact) mass is 292 g/mol. The van der Waals surface area contributed by atoms with Crippen molar-refractivity contribution in [3.8, 4) is 0 Å².